The quantitative estimate of drug-likeness (QED) is 0.374. The zero-order valence-corrected chi connectivity index (χ0v) is 16.8. The highest BCUT2D eigenvalue weighted by molar-refractivity contribution is 5.79. The first-order valence-corrected chi connectivity index (χ1v) is 10.3. The van der Waals surface area contributed by atoms with Crippen LogP contribution in [-0.2, 0) is 0 Å². The number of allylic oxidation sites excluding steroid dienone is 1. The number of rotatable bonds is 10. The molecule has 28 heavy (non-hydrogen) atoms. The third kappa shape index (κ3) is 5.82. The Kier molecular flexibility index (Phi) is 7.87. The van der Waals surface area contributed by atoms with E-state index in [4.69, 9.17) is 0 Å². The van der Waals surface area contributed by atoms with Gasteiger partial charge >= 0.3 is 0 Å². The van der Waals surface area contributed by atoms with Gasteiger partial charge in [-0.2, -0.15) is 0 Å². The first-order valence-electron chi connectivity index (χ1n) is 10.3. The van der Waals surface area contributed by atoms with Gasteiger partial charge in [0.2, 0.25) is 0 Å². The smallest absolute Gasteiger partial charge is 0.0552 e. The van der Waals surface area contributed by atoms with E-state index in [-0.39, 0.29) is 0 Å². The Labute approximate surface area is 169 Å². The predicted octanol–water partition coefficient (Wildman–Crippen LogP) is 6.60. The summed E-state index contributed by atoms with van der Waals surface area (Å²) in [7, 11) is 0. The molecule has 3 aromatic rings. The Morgan fingerprint density at radius 3 is 2.04 bits per heavy atom. The van der Waals surface area contributed by atoms with Gasteiger partial charge < -0.3 is 4.90 Å². The van der Waals surface area contributed by atoms with Crippen molar-refractivity contribution in [2.75, 3.05) is 18.0 Å². The Morgan fingerprint density at radius 2 is 1.46 bits per heavy atom. The normalized spacial score (nSPS) is 10.5. The molecule has 0 saturated heterocycles. The molecular weight excluding hydrogens is 340 g/mol. The Bertz CT molecular complexity index is 785. The van der Waals surface area contributed by atoms with Gasteiger partial charge in [0, 0.05) is 19.3 Å². The molecule has 2 heteroatoms. The molecule has 0 saturated carbocycles. The van der Waals surface area contributed by atoms with E-state index in [1.165, 1.54) is 35.2 Å². The van der Waals surface area contributed by atoms with Crippen molar-refractivity contribution in [3.63, 3.8) is 0 Å². The fourth-order valence-corrected chi connectivity index (χ4v) is 3.43. The van der Waals surface area contributed by atoms with Gasteiger partial charge in [-0.15, -0.1) is 0 Å². The van der Waals surface area contributed by atoms with Crippen molar-refractivity contribution in [3.8, 4) is 0 Å². The van der Waals surface area contributed by atoms with Gasteiger partial charge in [0.05, 0.1) is 11.9 Å². The first-order chi connectivity index (χ1) is 13.9. The number of hydrogen-bond donors (Lipinski definition) is 0. The van der Waals surface area contributed by atoms with Gasteiger partial charge in [0.15, 0.2) is 0 Å². The van der Waals surface area contributed by atoms with E-state index in [0.29, 0.717) is 0 Å². The van der Waals surface area contributed by atoms with Crippen molar-refractivity contribution < 1.29 is 0 Å². The van der Waals surface area contributed by atoms with Crippen LogP contribution in [-0.4, -0.2) is 18.1 Å². The topological polar surface area (TPSA) is 16.1 Å². The molecule has 2 aromatic carbocycles. The minimum absolute atomic E-state index is 1.05. The molecule has 0 spiro atoms. The molecule has 0 atom stereocenters. The maximum Gasteiger partial charge on any atom is 0.0552 e. The number of unbranched alkanes of at least 4 members (excludes halogenated alkanes) is 2. The van der Waals surface area contributed by atoms with Crippen LogP contribution in [0.1, 0.15) is 43.7 Å². The van der Waals surface area contributed by atoms with Crippen LogP contribution in [0.4, 0.5) is 5.69 Å². The van der Waals surface area contributed by atoms with Crippen LogP contribution in [0.15, 0.2) is 91.3 Å². The summed E-state index contributed by atoms with van der Waals surface area (Å²) >= 11 is 0. The van der Waals surface area contributed by atoms with Crippen LogP contribution < -0.4 is 4.90 Å². The molecule has 0 radical (unpaired) electrons. The molecule has 0 fully saturated rings. The summed E-state index contributed by atoms with van der Waals surface area (Å²) in [6.45, 7) is 4.39. The highest BCUT2D eigenvalue weighted by Gasteiger charge is 2.07. The average Bonchev–Trinajstić information content (AvgIpc) is 2.77. The fourth-order valence-electron chi connectivity index (χ4n) is 3.43. The van der Waals surface area contributed by atoms with E-state index in [9.17, 15) is 0 Å². The largest absolute Gasteiger partial charge is 0.370 e. The van der Waals surface area contributed by atoms with Crippen LogP contribution in [0.5, 0.6) is 0 Å². The zero-order valence-electron chi connectivity index (χ0n) is 16.8. The summed E-state index contributed by atoms with van der Waals surface area (Å²) in [5.74, 6) is 0. The summed E-state index contributed by atoms with van der Waals surface area (Å²) in [4.78, 5) is 6.76. The lowest BCUT2D eigenvalue weighted by molar-refractivity contribution is 0.688. The maximum absolute atomic E-state index is 4.30. The van der Waals surface area contributed by atoms with Crippen molar-refractivity contribution in [2.45, 2.75) is 32.6 Å². The second kappa shape index (κ2) is 11.1. The van der Waals surface area contributed by atoms with E-state index in [1.807, 2.05) is 18.5 Å². The van der Waals surface area contributed by atoms with Crippen molar-refractivity contribution in [1.82, 2.24) is 4.98 Å². The van der Waals surface area contributed by atoms with Gasteiger partial charge in [-0.3, -0.25) is 4.98 Å². The van der Waals surface area contributed by atoms with Crippen LogP contribution in [0.2, 0.25) is 0 Å². The summed E-state index contributed by atoms with van der Waals surface area (Å²) in [5, 5.41) is 0. The standard InChI is InChI=1S/C26H30N2/c1-2-3-20-28(25-17-12-19-27-22-25)21-11-10-18-26(23-13-6-4-7-14-23)24-15-8-5-9-16-24/h4-9,12-19,22H,2-3,10-11,20-21H2,1H3. The van der Waals surface area contributed by atoms with Crippen molar-refractivity contribution in [3.05, 3.63) is 102 Å². The molecule has 2 nitrogen and oxygen atoms in total. The minimum atomic E-state index is 1.05. The molecule has 0 bridgehead atoms. The maximum atomic E-state index is 4.30. The lowest BCUT2D eigenvalue weighted by Gasteiger charge is -2.24. The fraction of sp³-hybridized carbons (Fsp3) is 0.269. The third-order valence-electron chi connectivity index (χ3n) is 4.94. The molecule has 0 N–H and O–H groups in total. The summed E-state index contributed by atoms with van der Waals surface area (Å²) in [6.07, 6.45) is 10.8. The lowest BCUT2D eigenvalue weighted by Crippen LogP contribution is -2.25. The van der Waals surface area contributed by atoms with Crippen molar-refractivity contribution >= 4 is 11.3 Å². The molecule has 144 valence electrons. The molecule has 0 aliphatic rings. The van der Waals surface area contributed by atoms with Gasteiger partial charge in [-0.05, 0) is 48.1 Å². The van der Waals surface area contributed by atoms with Crippen LogP contribution >= 0.6 is 0 Å². The van der Waals surface area contributed by atoms with E-state index in [0.717, 1.165) is 25.9 Å². The summed E-state index contributed by atoms with van der Waals surface area (Å²) in [6, 6.07) is 25.6. The average molecular weight is 371 g/mol. The molecule has 0 unspecified atom stereocenters. The third-order valence-corrected chi connectivity index (χ3v) is 4.94. The Morgan fingerprint density at radius 1 is 0.821 bits per heavy atom. The van der Waals surface area contributed by atoms with Gasteiger partial charge in [0.25, 0.3) is 0 Å². The SMILES string of the molecule is CCCCN(CCCC=C(c1ccccc1)c1ccccc1)c1cccnc1. The van der Waals surface area contributed by atoms with E-state index in [1.54, 1.807) is 0 Å². The second-order valence-corrected chi connectivity index (χ2v) is 7.04. The highest BCUT2D eigenvalue weighted by Crippen LogP contribution is 2.24. The summed E-state index contributed by atoms with van der Waals surface area (Å²) in [5.41, 5.74) is 5.11. The number of aromatic nitrogens is 1. The van der Waals surface area contributed by atoms with E-state index < -0.39 is 0 Å². The monoisotopic (exact) mass is 370 g/mol. The molecular formula is C26H30N2. The Hall–Kier alpha value is -2.87. The molecule has 1 aromatic heterocycles. The summed E-state index contributed by atoms with van der Waals surface area (Å²) < 4.78 is 0. The van der Waals surface area contributed by atoms with Crippen molar-refractivity contribution in [2.24, 2.45) is 0 Å². The van der Waals surface area contributed by atoms with Crippen LogP contribution in [0.25, 0.3) is 5.57 Å². The van der Waals surface area contributed by atoms with Crippen molar-refractivity contribution in [1.29, 1.82) is 0 Å². The number of benzene rings is 2. The second-order valence-electron chi connectivity index (χ2n) is 7.04. The number of anilines is 1. The molecule has 3 rings (SSSR count). The number of hydrogen-bond acceptors (Lipinski definition) is 2. The lowest BCUT2D eigenvalue weighted by atomic mass is 9.96. The Balaban J connectivity index is 1.69. The van der Waals surface area contributed by atoms with E-state index >= 15 is 0 Å². The molecule has 0 aliphatic heterocycles. The molecule has 1 heterocycles. The van der Waals surface area contributed by atoms with Gasteiger partial charge in [0.1, 0.15) is 0 Å². The van der Waals surface area contributed by atoms with Crippen LogP contribution in [0, 0.1) is 0 Å². The predicted molar refractivity (Wildman–Crippen MR) is 121 cm³/mol. The minimum Gasteiger partial charge on any atom is -0.370 e. The number of nitrogens with zero attached hydrogens (tertiary/aromatic N) is 2. The van der Waals surface area contributed by atoms with E-state index in [2.05, 4.69) is 89.6 Å². The van der Waals surface area contributed by atoms with Crippen LogP contribution in [0.3, 0.4) is 0 Å². The molecule has 0 aliphatic carbocycles. The zero-order chi connectivity index (χ0) is 19.4. The molecule has 0 amide bonds. The van der Waals surface area contributed by atoms with Gasteiger partial charge in [-0.25, -0.2) is 0 Å². The first kappa shape index (κ1) is 19.9. The highest BCUT2D eigenvalue weighted by atomic mass is 15.1. The number of pyridine rings is 1. The van der Waals surface area contributed by atoms with Gasteiger partial charge in [-0.1, -0.05) is 80.1 Å².